The molecule has 1 aliphatic carbocycles. The van der Waals surface area contributed by atoms with Gasteiger partial charge < -0.3 is 9.72 Å². The van der Waals surface area contributed by atoms with Crippen LogP contribution in [0, 0.1) is 11.8 Å². The number of imidazole rings is 1. The highest BCUT2D eigenvalue weighted by atomic mass is 35.5. The minimum atomic E-state index is 0.694. The van der Waals surface area contributed by atoms with Gasteiger partial charge in [0.15, 0.2) is 0 Å². The van der Waals surface area contributed by atoms with Crippen molar-refractivity contribution < 1.29 is 0 Å². The number of nitrogens with one attached hydrogen (secondary N) is 1. The van der Waals surface area contributed by atoms with Crippen molar-refractivity contribution in [1.82, 2.24) is 14.7 Å². The van der Waals surface area contributed by atoms with E-state index in [1.165, 1.54) is 25.7 Å². The van der Waals surface area contributed by atoms with Gasteiger partial charge in [0.1, 0.15) is 5.65 Å². The number of fused-ring (bicyclic) bond motifs is 1. The SMILES string of the molecule is ClCC1CCCCC1CNCc1cn2ccccc2n1. The van der Waals surface area contributed by atoms with Crippen LogP contribution in [-0.2, 0) is 6.54 Å². The molecule has 2 aromatic heterocycles. The lowest BCUT2D eigenvalue weighted by Crippen LogP contribution is -2.31. The van der Waals surface area contributed by atoms with Crippen LogP contribution in [0.25, 0.3) is 5.65 Å². The highest BCUT2D eigenvalue weighted by Crippen LogP contribution is 2.30. The van der Waals surface area contributed by atoms with Gasteiger partial charge in [-0.05, 0) is 43.4 Å². The van der Waals surface area contributed by atoms with Crippen molar-refractivity contribution >= 4 is 17.2 Å². The topological polar surface area (TPSA) is 29.3 Å². The highest BCUT2D eigenvalue weighted by Gasteiger charge is 2.23. The summed E-state index contributed by atoms with van der Waals surface area (Å²) >= 11 is 6.08. The summed E-state index contributed by atoms with van der Waals surface area (Å²) in [7, 11) is 0. The fourth-order valence-electron chi connectivity index (χ4n) is 3.21. The molecule has 2 aromatic rings. The maximum absolute atomic E-state index is 6.08. The van der Waals surface area contributed by atoms with E-state index in [9.17, 15) is 0 Å². The van der Waals surface area contributed by atoms with Crippen molar-refractivity contribution in [2.45, 2.75) is 32.2 Å². The first-order valence-electron chi connectivity index (χ1n) is 7.56. The summed E-state index contributed by atoms with van der Waals surface area (Å²) in [5.74, 6) is 2.23. The second kappa shape index (κ2) is 6.59. The Morgan fingerprint density at radius 3 is 2.90 bits per heavy atom. The monoisotopic (exact) mass is 291 g/mol. The molecular formula is C16H22ClN3. The molecule has 0 aliphatic heterocycles. The van der Waals surface area contributed by atoms with Crippen molar-refractivity contribution in [3.05, 3.63) is 36.3 Å². The first kappa shape index (κ1) is 13.9. The summed E-state index contributed by atoms with van der Waals surface area (Å²) in [5.41, 5.74) is 2.12. The van der Waals surface area contributed by atoms with Crippen LogP contribution in [-0.4, -0.2) is 21.8 Å². The number of hydrogen-bond acceptors (Lipinski definition) is 2. The van der Waals surface area contributed by atoms with Gasteiger partial charge >= 0.3 is 0 Å². The zero-order chi connectivity index (χ0) is 13.8. The maximum Gasteiger partial charge on any atom is 0.137 e. The standard InChI is InChI=1S/C16H22ClN3/c17-9-13-5-1-2-6-14(13)10-18-11-15-12-20-8-4-3-7-16(20)19-15/h3-4,7-8,12-14,18H,1-2,5-6,9-11H2. The molecule has 1 N–H and O–H groups in total. The Balaban J connectivity index is 1.54. The second-order valence-electron chi connectivity index (χ2n) is 5.79. The molecule has 2 heterocycles. The number of nitrogens with zero attached hydrogens (tertiary/aromatic N) is 2. The van der Waals surface area contributed by atoms with Crippen LogP contribution in [0.2, 0.25) is 0 Å². The number of aromatic nitrogens is 2. The Kier molecular flexibility index (Phi) is 4.58. The first-order valence-corrected chi connectivity index (χ1v) is 8.09. The maximum atomic E-state index is 6.08. The van der Waals surface area contributed by atoms with Crippen molar-refractivity contribution in [3.8, 4) is 0 Å². The number of hydrogen-bond donors (Lipinski definition) is 1. The van der Waals surface area contributed by atoms with E-state index in [-0.39, 0.29) is 0 Å². The lowest BCUT2D eigenvalue weighted by Gasteiger charge is -2.30. The van der Waals surface area contributed by atoms with Gasteiger partial charge in [0.25, 0.3) is 0 Å². The Morgan fingerprint density at radius 2 is 2.10 bits per heavy atom. The zero-order valence-corrected chi connectivity index (χ0v) is 12.5. The molecule has 1 fully saturated rings. The Bertz CT molecular complexity index is 518. The smallest absolute Gasteiger partial charge is 0.137 e. The largest absolute Gasteiger partial charge is 0.311 e. The first-order chi connectivity index (χ1) is 9.86. The molecule has 20 heavy (non-hydrogen) atoms. The van der Waals surface area contributed by atoms with E-state index < -0.39 is 0 Å². The summed E-state index contributed by atoms with van der Waals surface area (Å²) in [6.45, 7) is 1.90. The van der Waals surface area contributed by atoms with Gasteiger partial charge in [0.2, 0.25) is 0 Å². The molecule has 0 amide bonds. The van der Waals surface area contributed by atoms with Gasteiger partial charge in [-0.1, -0.05) is 18.9 Å². The van der Waals surface area contributed by atoms with Crippen LogP contribution >= 0.6 is 11.6 Å². The lowest BCUT2D eigenvalue weighted by molar-refractivity contribution is 0.250. The van der Waals surface area contributed by atoms with Crippen LogP contribution < -0.4 is 5.32 Å². The van der Waals surface area contributed by atoms with E-state index in [0.717, 1.165) is 36.2 Å². The average Bonchev–Trinajstić information content (AvgIpc) is 2.90. The molecule has 3 nitrogen and oxygen atoms in total. The average molecular weight is 292 g/mol. The third-order valence-corrected chi connectivity index (χ3v) is 4.79. The van der Waals surface area contributed by atoms with Crippen LogP contribution in [0.3, 0.4) is 0 Å². The predicted octanol–water partition coefficient (Wildman–Crippen LogP) is 3.47. The normalized spacial score (nSPS) is 23.2. The second-order valence-corrected chi connectivity index (χ2v) is 6.10. The van der Waals surface area contributed by atoms with Gasteiger partial charge in [-0.2, -0.15) is 0 Å². The zero-order valence-electron chi connectivity index (χ0n) is 11.8. The molecule has 0 radical (unpaired) electrons. The van der Waals surface area contributed by atoms with Crippen LogP contribution in [0.5, 0.6) is 0 Å². The molecule has 4 heteroatoms. The molecule has 1 saturated carbocycles. The van der Waals surface area contributed by atoms with Crippen molar-refractivity contribution in [1.29, 1.82) is 0 Å². The number of rotatable bonds is 5. The van der Waals surface area contributed by atoms with Crippen LogP contribution in [0.4, 0.5) is 0 Å². The summed E-state index contributed by atoms with van der Waals surface area (Å²) in [4.78, 5) is 4.61. The van der Waals surface area contributed by atoms with Crippen LogP contribution in [0.1, 0.15) is 31.4 Å². The van der Waals surface area contributed by atoms with Gasteiger partial charge in [0.05, 0.1) is 5.69 Å². The molecule has 0 aromatic carbocycles. The Hall–Kier alpha value is -1.06. The van der Waals surface area contributed by atoms with E-state index in [1.807, 2.05) is 24.4 Å². The van der Waals surface area contributed by atoms with Crippen molar-refractivity contribution in [3.63, 3.8) is 0 Å². The van der Waals surface area contributed by atoms with E-state index in [0.29, 0.717) is 5.92 Å². The molecule has 0 spiro atoms. The number of pyridine rings is 1. The fraction of sp³-hybridized carbons (Fsp3) is 0.562. The summed E-state index contributed by atoms with van der Waals surface area (Å²) in [6.07, 6.45) is 9.45. The third-order valence-electron chi connectivity index (χ3n) is 4.39. The molecule has 0 saturated heterocycles. The fourth-order valence-corrected chi connectivity index (χ4v) is 3.62. The van der Waals surface area contributed by atoms with Gasteiger partial charge in [-0.15, -0.1) is 11.6 Å². The minimum absolute atomic E-state index is 0.694. The minimum Gasteiger partial charge on any atom is -0.311 e. The van der Waals surface area contributed by atoms with Gasteiger partial charge in [0, 0.05) is 24.8 Å². The van der Waals surface area contributed by atoms with Gasteiger partial charge in [-0.25, -0.2) is 4.98 Å². The van der Waals surface area contributed by atoms with Crippen molar-refractivity contribution in [2.75, 3.05) is 12.4 Å². The molecular weight excluding hydrogens is 270 g/mol. The highest BCUT2D eigenvalue weighted by molar-refractivity contribution is 6.18. The predicted molar refractivity (Wildman–Crippen MR) is 83.1 cm³/mol. The molecule has 108 valence electrons. The summed E-state index contributed by atoms with van der Waals surface area (Å²) < 4.78 is 2.07. The van der Waals surface area contributed by atoms with E-state index in [2.05, 4.69) is 20.9 Å². The summed E-state index contributed by atoms with van der Waals surface area (Å²) in [5, 5.41) is 3.56. The third kappa shape index (κ3) is 3.15. The van der Waals surface area contributed by atoms with E-state index in [4.69, 9.17) is 11.6 Å². The number of halogens is 1. The molecule has 3 rings (SSSR count). The van der Waals surface area contributed by atoms with Gasteiger partial charge in [-0.3, -0.25) is 0 Å². The molecule has 1 aliphatic rings. The molecule has 2 unspecified atom stereocenters. The van der Waals surface area contributed by atoms with E-state index >= 15 is 0 Å². The Labute approximate surface area is 125 Å². The van der Waals surface area contributed by atoms with Crippen LogP contribution in [0.15, 0.2) is 30.6 Å². The quantitative estimate of drug-likeness (QED) is 0.855. The molecule has 2 atom stereocenters. The number of alkyl halides is 1. The van der Waals surface area contributed by atoms with Crippen molar-refractivity contribution in [2.24, 2.45) is 11.8 Å². The lowest BCUT2D eigenvalue weighted by atomic mass is 9.80. The Morgan fingerprint density at radius 1 is 1.25 bits per heavy atom. The summed E-state index contributed by atoms with van der Waals surface area (Å²) in [6, 6.07) is 6.08. The molecule has 0 bridgehead atoms. The van der Waals surface area contributed by atoms with E-state index in [1.54, 1.807) is 0 Å².